The molecule has 0 aliphatic carbocycles. The summed E-state index contributed by atoms with van der Waals surface area (Å²) < 4.78 is 14.4. The molecule has 0 aliphatic heterocycles. The van der Waals surface area contributed by atoms with E-state index in [-0.39, 0.29) is 21.8 Å². The Labute approximate surface area is 142 Å². The molecule has 23 heavy (non-hydrogen) atoms. The lowest BCUT2D eigenvalue weighted by molar-refractivity contribution is 0.628. The van der Waals surface area contributed by atoms with Crippen molar-refractivity contribution in [3.63, 3.8) is 0 Å². The SMILES string of the molecule is Nc1ccc(F)c(N(c2ccccc2)c2nc(Cl)ncc2Cl)c1. The third-order valence-corrected chi connectivity index (χ3v) is 3.58. The van der Waals surface area contributed by atoms with Crippen LogP contribution >= 0.6 is 23.2 Å². The molecular formula is C16H11Cl2FN4. The molecule has 116 valence electrons. The minimum Gasteiger partial charge on any atom is -0.399 e. The van der Waals surface area contributed by atoms with Gasteiger partial charge >= 0.3 is 0 Å². The van der Waals surface area contributed by atoms with Gasteiger partial charge in [0.1, 0.15) is 10.8 Å². The average Bonchev–Trinajstić information content (AvgIpc) is 2.55. The van der Waals surface area contributed by atoms with Crippen LogP contribution in [0, 0.1) is 5.82 Å². The normalized spacial score (nSPS) is 10.6. The van der Waals surface area contributed by atoms with Gasteiger partial charge in [0.15, 0.2) is 5.82 Å². The summed E-state index contributed by atoms with van der Waals surface area (Å²) in [5.74, 6) is -0.198. The first-order valence-electron chi connectivity index (χ1n) is 6.64. The zero-order valence-electron chi connectivity index (χ0n) is 11.7. The van der Waals surface area contributed by atoms with E-state index in [4.69, 9.17) is 28.9 Å². The maximum atomic E-state index is 14.4. The summed E-state index contributed by atoms with van der Waals surface area (Å²) >= 11 is 12.1. The van der Waals surface area contributed by atoms with Gasteiger partial charge in [-0.15, -0.1) is 0 Å². The van der Waals surface area contributed by atoms with Crippen molar-refractivity contribution in [2.24, 2.45) is 0 Å². The van der Waals surface area contributed by atoms with Crippen LogP contribution in [0.5, 0.6) is 0 Å². The van der Waals surface area contributed by atoms with Crippen molar-refractivity contribution in [2.45, 2.75) is 0 Å². The number of benzene rings is 2. The highest BCUT2D eigenvalue weighted by Crippen LogP contribution is 2.39. The molecule has 0 fully saturated rings. The Bertz CT molecular complexity index is 791. The predicted octanol–water partition coefficient (Wildman–Crippen LogP) is 4.97. The number of halogens is 3. The highest BCUT2D eigenvalue weighted by molar-refractivity contribution is 6.34. The number of nitrogens with zero attached hydrogens (tertiary/aromatic N) is 3. The van der Waals surface area contributed by atoms with Crippen molar-refractivity contribution in [1.29, 1.82) is 0 Å². The summed E-state index contributed by atoms with van der Waals surface area (Å²) in [6, 6.07) is 13.4. The maximum Gasteiger partial charge on any atom is 0.224 e. The lowest BCUT2D eigenvalue weighted by atomic mass is 10.2. The first-order chi connectivity index (χ1) is 11.1. The lowest BCUT2D eigenvalue weighted by Crippen LogP contribution is -2.14. The van der Waals surface area contributed by atoms with Crippen LogP contribution in [0.15, 0.2) is 54.7 Å². The fourth-order valence-corrected chi connectivity index (χ4v) is 2.45. The van der Waals surface area contributed by atoms with Crippen molar-refractivity contribution < 1.29 is 4.39 Å². The molecular weight excluding hydrogens is 338 g/mol. The van der Waals surface area contributed by atoms with Gasteiger partial charge in [0.2, 0.25) is 5.28 Å². The molecule has 0 amide bonds. The van der Waals surface area contributed by atoms with Gasteiger partial charge in [-0.05, 0) is 41.9 Å². The van der Waals surface area contributed by atoms with E-state index in [1.807, 2.05) is 18.2 Å². The lowest BCUT2D eigenvalue weighted by Gasteiger charge is -2.25. The molecule has 0 saturated heterocycles. The van der Waals surface area contributed by atoms with E-state index in [0.717, 1.165) is 0 Å². The number of nitrogen functional groups attached to an aromatic ring is 1. The molecule has 1 aromatic heterocycles. The van der Waals surface area contributed by atoms with Crippen LogP contribution in [0.25, 0.3) is 0 Å². The molecule has 7 heteroatoms. The maximum absolute atomic E-state index is 14.4. The number of para-hydroxylation sites is 1. The van der Waals surface area contributed by atoms with Gasteiger partial charge in [0.05, 0.1) is 11.9 Å². The number of nitrogens with two attached hydrogens (primary N) is 1. The quantitative estimate of drug-likeness (QED) is 0.536. The molecule has 0 bridgehead atoms. The zero-order chi connectivity index (χ0) is 16.4. The molecule has 3 rings (SSSR count). The number of aromatic nitrogens is 2. The summed E-state index contributed by atoms with van der Waals surface area (Å²) in [4.78, 5) is 9.51. The number of rotatable bonds is 3. The fourth-order valence-electron chi connectivity index (χ4n) is 2.15. The Hall–Kier alpha value is -2.37. The first kappa shape index (κ1) is 15.5. The minimum absolute atomic E-state index is 0.00893. The molecule has 0 spiro atoms. The van der Waals surface area contributed by atoms with Crippen molar-refractivity contribution in [1.82, 2.24) is 9.97 Å². The molecule has 0 saturated carbocycles. The largest absolute Gasteiger partial charge is 0.399 e. The van der Waals surface area contributed by atoms with Crippen LogP contribution in [-0.4, -0.2) is 9.97 Å². The number of hydrogen-bond donors (Lipinski definition) is 1. The third-order valence-electron chi connectivity index (χ3n) is 3.13. The number of hydrogen-bond acceptors (Lipinski definition) is 4. The number of anilines is 4. The molecule has 0 radical (unpaired) electrons. The van der Waals surface area contributed by atoms with Gasteiger partial charge < -0.3 is 5.73 Å². The third kappa shape index (κ3) is 3.21. The van der Waals surface area contributed by atoms with Gasteiger partial charge in [-0.2, -0.15) is 4.98 Å². The molecule has 0 unspecified atom stereocenters. The van der Waals surface area contributed by atoms with Crippen LogP contribution < -0.4 is 10.6 Å². The van der Waals surface area contributed by atoms with Crippen LogP contribution in [0.3, 0.4) is 0 Å². The van der Waals surface area contributed by atoms with Crippen LogP contribution in [0.4, 0.5) is 27.3 Å². The summed E-state index contributed by atoms with van der Waals surface area (Å²) in [6.45, 7) is 0. The second-order valence-corrected chi connectivity index (χ2v) is 5.44. The van der Waals surface area contributed by atoms with E-state index < -0.39 is 5.82 Å². The van der Waals surface area contributed by atoms with Crippen LogP contribution in [0.2, 0.25) is 10.3 Å². The van der Waals surface area contributed by atoms with Crippen LogP contribution in [0.1, 0.15) is 0 Å². The molecule has 2 N–H and O–H groups in total. The molecule has 4 nitrogen and oxygen atoms in total. The predicted molar refractivity (Wildman–Crippen MR) is 91.1 cm³/mol. The first-order valence-corrected chi connectivity index (χ1v) is 7.40. The average molecular weight is 349 g/mol. The fraction of sp³-hybridized carbons (Fsp3) is 0. The van der Waals surface area contributed by atoms with Crippen LogP contribution in [-0.2, 0) is 0 Å². The van der Waals surface area contributed by atoms with Gasteiger partial charge in [-0.1, -0.05) is 29.8 Å². The van der Waals surface area contributed by atoms with Crippen molar-refractivity contribution in [3.05, 3.63) is 70.9 Å². The molecule has 3 aromatic rings. The standard InChI is InChI=1S/C16H11Cl2FN4/c17-12-9-21-16(18)22-15(12)23(11-4-2-1-3-5-11)14-8-10(20)6-7-13(14)19/h1-9H,20H2. The Morgan fingerprint density at radius 3 is 2.52 bits per heavy atom. The summed E-state index contributed by atoms with van der Waals surface area (Å²) in [5, 5.41) is 0.245. The molecule has 2 aromatic carbocycles. The highest BCUT2D eigenvalue weighted by Gasteiger charge is 2.21. The molecule has 0 aliphatic rings. The van der Waals surface area contributed by atoms with E-state index >= 15 is 0 Å². The van der Waals surface area contributed by atoms with Gasteiger partial charge in [-0.3, -0.25) is 4.90 Å². The Balaban J connectivity index is 2.27. The summed E-state index contributed by atoms with van der Waals surface area (Å²) in [7, 11) is 0. The van der Waals surface area contributed by atoms with Crippen molar-refractivity contribution >= 4 is 46.1 Å². The smallest absolute Gasteiger partial charge is 0.224 e. The van der Waals surface area contributed by atoms with E-state index in [1.165, 1.54) is 24.4 Å². The summed E-state index contributed by atoms with van der Waals surface area (Å²) in [5.41, 5.74) is 7.10. The second-order valence-electron chi connectivity index (χ2n) is 4.69. The molecule has 1 heterocycles. The van der Waals surface area contributed by atoms with Gasteiger partial charge in [-0.25, -0.2) is 9.37 Å². The van der Waals surface area contributed by atoms with Crippen molar-refractivity contribution in [2.75, 3.05) is 10.6 Å². The minimum atomic E-state index is -0.464. The van der Waals surface area contributed by atoms with E-state index in [2.05, 4.69) is 9.97 Å². The van der Waals surface area contributed by atoms with Crippen molar-refractivity contribution in [3.8, 4) is 0 Å². The topological polar surface area (TPSA) is 55.0 Å². The zero-order valence-corrected chi connectivity index (χ0v) is 13.3. The highest BCUT2D eigenvalue weighted by atomic mass is 35.5. The van der Waals surface area contributed by atoms with E-state index in [9.17, 15) is 4.39 Å². The second kappa shape index (κ2) is 6.40. The van der Waals surface area contributed by atoms with Gasteiger partial charge in [0.25, 0.3) is 0 Å². The monoisotopic (exact) mass is 348 g/mol. The molecule has 0 atom stereocenters. The summed E-state index contributed by atoms with van der Waals surface area (Å²) in [6.07, 6.45) is 1.37. The van der Waals surface area contributed by atoms with E-state index in [0.29, 0.717) is 11.4 Å². The van der Waals surface area contributed by atoms with Gasteiger partial charge in [0, 0.05) is 11.4 Å². The Kier molecular flexibility index (Phi) is 4.32. The van der Waals surface area contributed by atoms with E-state index in [1.54, 1.807) is 17.0 Å². The Morgan fingerprint density at radius 1 is 1.04 bits per heavy atom. The Morgan fingerprint density at radius 2 is 1.78 bits per heavy atom.